The molecule has 0 fully saturated rings. The highest BCUT2D eigenvalue weighted by molar-refractivity contribution is 14.1. The van der Waals surface area contributed by atoms with Crippen LogP contribution in [-0.4, -0.2) is 12.5 Å². The van der Waals surface area contributed by atoms with Gasteiger partial charge in [0.05, 0.1) is 6.61 Å². The number of hydrogen-bond acceptors (Lipinski definition) is 2. The third kappa shape index (κ3) is 3.40. The summed E-state index contributed by atoms with van der Waals surface area (Å²) in [5.74, 6) is 0.849. The van der Waals surface area contributed by atoms with Crippen LogP contribution in [0.2, 0.25) is 0 Å². The first kappa shape index (κ1) is 14.8. The largest absolute Gasteiger partial charge is 0.493 e. The quantitative estimate of drug-likeness (QED) is 0.709. The summed E-state index contributed by atoms with van der Waals surface area (Å²) in [5.41, 5.74) is 2.88. The molecule has 0 saturated heterocycles. The topological polar surface area (TPSA) is 38.3 Å². The summed E-state index contributed by atoms with van der Waals surface area (Å²) < 4.78 is 7.74. The number of benzene rings is 2. The van der Waals surface area contributed by atoms with Crippen LogP contribution in [0.5, 0.6) is 5.75 Å². The third-order valence-corrected chi connectivity index (χ3v) is 4.48. The van der Waals surface area contributed by atoms with Crippen molar-refractivity contribution in [2.75, 3.05) is 6.61 Å². The van der Waals surface area contributed by atoms with E-state index >= 15 is 0 Å². The smallest absolute Gasteiger partial charge is 0.251 e. The molecule has 21 heavy (non-hydrogen) atoms. The van der Waals surface area contributed by atoms with Gasteiger partial charge in [-0.15, -0.1) is 0 Å². The standard InChI is InChI=1S/C16H13BrINO2/c17-13-6-10-4-5-21-15(10)12(7-13)9-19-16(20)11-2-1-3-14(18)8-11/h1-3,6-8H,4-5,9H2,(H,19,20). The van der Waals surface area contributed by atoms with Gasteiger partial charge in [-0.05, 0) is 58.5 Å². The lowest BCUT2D eigenvalue weighted by molar-refractivity contribution is 0.0950. The van der Waals surface area contributed by atoms with Gasteiger partial charge in [0.15, 0.2) is 0 Å². The molecule has 1 aliphatic rings. The molecule has 0 saturated carbocycles. The van der Waals surface area contributed by atoms with Crippen LogP contribution in [0.1, 0.15) is 21.5 Å². The molecular weight excluding hydrogens is 445 g/mol. The highest BCUT2D eigenvalue weighted by Gasteiger charge is 2.18. The van der Waals surface area contributed by atoms with Crippen LogP contribution in [0.3, 0.4) is 0 Å². The SMILES string of the molecule is O=C(NCc1cc(Br)cc2c1OCC2)c1cccc(I)c1. The molecule has 1 amide bonds. The van der Waals surface area contributed by atoms with Gasteiger partial charge in [0.1, 0.15) is 5.75 Å². The van der Waals surface area contributed by atoms with E-state index in [-0.39, 0.29) is 5.91 Å². The Kier molecular flexibility index (Phi) is 4.49. The number of fused-ring (bicyclic) bond motifs is 1. The van der Waals surface area contributed by atoms with Crippen LogP contribution in [0.4, 0.5) is 0 Å². The van der Waals surface area contributed by atoms with Gasteiger partial charge < -0.3 is 10.1 Å². The van der Waals surface area contributed by atoms with E-state index in [9.17, 15) is 4.79 Å². The Balaban J connectivity index is 1.75. The van der Waals surface area contributed by atoms with Gasteiger partial charge in [-0.2, -0.15) is 0 Å². The van der Waals surface area contributed by atoms with Gasteiger partial charge in [-0.25, -0.2) is 0 Å². The number of amides is 1. The van der Waals surface area contributed by atoms with Gasteiger partial charge in [0.2, 0.25) is 0 Å². The fourth-order valence-electron chi connectivity index (χ4n) is 2.38. The lowest BCUT2D eigenvalue weighted by Gasteiger charge is -2.10. The number of nitrogens with one attached hydrogen (secondary N) is 1. The van der Waals surface area contributed by atoms with E-state index in [1.807, 2.05) is 30.3 Å². The minimum atomic E-state index is -0.0692. The lowest BCUT2D eigenvalue weighted by atomic mass is 10.1. The maximum absolute atomic E-state index is 12.2. The molecule has 0 aliphatic carbocycles. The summed E-state index contributed by atoms with van der Waals surface area (Å²) >= 11 is 5.71. The van der Waals surface area contributed by atoms with Crippen LogP contribution in [-0.2, 0) is 13.0 Å². The maximum Gasteiger partial charge on any atom is 0.251 e. The Hall–Kier alpha value is -1.08. The average molecular weight is 458 g/mol. The molecule has 0 radical (unpaired) electrons. The molecule has 3 rings (SSSR count). The summed E-state index contributed by atoms with van der Waals surface area (Å²) in [4.78, 5) is 12.2. The Morgan fingerprint density at radius 3 is 3.00 bits per heavy atom. The van der Waals surface area contributed by atoms with E-state index in [2.05, 4.69) is 49.9 Å². The van der Waals surface area contributed by atoms with Crippen molar-refractivity contribution < 1.29 is 9.53 Å². The highest BCUT2D eigenvalue weighted by Crippen LogP contribution is 2.32. The maximum atomic E-state index is 12.2. The van der Waals surface area contributed by atoms with E-state index < -0.39 is 0 Å². The van der Waals surface area contributed by atoms with E-state index in [0.29, 0.717) is 18.7 Å². The third-order valence-electron chi connectivity index (χ3n) is 3.35. The van der Waals surface area contributed by atoms with Crippen molar-refractivity contribution in [1.82, 2.24) is 5.32 Å². The van der Waals surface area contributed by atoms with E-state index in [1.54, 1.807) is 0 Å². The van der Waals surface area contributed by atoms with Gasteiger partial charge in [0, 0.05) is 32.1 Å². The predicted octanol–water partition coefficient (Wildman–Crippen LogP) is 3.92. The van der Waals surface area contributed by atoms with Crippen molar-refractivity contribution in [1.29, 1.82) is 0 Å². The van der Waals surface area contributed by atoms with Crippen LogP contribution >= 0.6 is 38.5 Å². The molecule has 108 valence electrons. The van der Waals surface area contributed by atoms with Gasteiger partial charge in [-0.1, -0.05) is 22.0 Å². The predicted molar refractivity (Wildman–Crippen MR) is 93.7 cm³/mol. The second-order valence-corrected chi connectivity index (χ2v) is 7.01. The molecule has 1 heterocycles. The van der Waals surface area contributed by atoms with Crippen LogP contribution < -0.4 is 10.1 Å². The van der Waals surface area contributed by atoms with Crippen molar-refractivity contribution in [2.24, 2.45) is 0 Å². The zero-order chi connectivity index (χ0) is 14.8. The van der Waals surface area contributed by atoms with Crippen LogP contribution in [0.25, 0.3) is 0 Å². The summed E-state index contributed by atoms with van der Waals surface area (Å²) in [7, 11) is 0. The second-order valence-electron chi connectivity index (χ2n) is 4.84. The normalized spacial score (nSPS) is 12.7. The lowest BCUT2D eigenvalue weighted by Crippen LogP contribution is -2.23. The Bertz CT molecular complexity index is 703. The van der Waals surface area contributed by atoms with Crippen LogP contribution in [0, 0.1) is 3.57 Å². The number of rotatable bonds is 3. The highest BCUT2D eigenvalue weighted by atomic mass is 127. The minimum Gasteiger partial charge on any atom is -0.493 e. The number of hydrogen-bond donors (Lipinski definition) is 1. The molecule has 1 N–H and O–H groups in total. The number of carbonyl (C=O) groups excluding carboxylic acids is 1. The van der Waals surface area contributed by atoms with Crippen LogP contribution in [0.15, 0.2) is 40.9 Å². The molecule has 0 unspecified atom stereocenters. The van der Waals surface area contributed by atoms with E-state index in [1.165, 1.54) is 5.56 Å². The Morgan fingerprint density at radius 1 is 1.33 bits per heavy atom. The van der Waals surface area contributed by atoms with Crippen molar-refractivity contribution in [3.63, 3.8) is 0 Å². The molecule has 1 aliphatic heterocycles. The molecule has 0 atom stereocenters. The first-order valence-electron chi connectivity index (χ1n) is 6.61. The molecule has 2 aromatic carbocycles. The van der Waals surface area contributed by atoms with Crippen molar-refractivity contribution >= 4 is 44.4 Å². The summed E-state index contributed by atoms with van der Waals surface area (Å²) in [6.07, 6.45) is 0.923. The second kappa shape index (κ2) is 6.36. The monoisotopic (exact) mass is 457 g/mol. The fraction of sp³-hybridized carbons (Fsp3) is 0.188. The zero-order valence-electron chi connectivity index (χ0n) is 11.2. The van der Waals surface area contributed by atoms with E-state index in [0.717, 1.165) is 25.8 Å². The van der Waals surface area contributed by atoms with Crippen molar-refractivity contribution in [3.8, 4) is 5.75 Å². The number of halogens is 2. The first-order valence-corrected chi connectivity index (χ1v) is 8.48. The molecule has 0 spiro atoms. The molecule has 2 aromatic rings. The summed E-state index contributed by atoms with van der Waals surface area (Å²) in [6, 6.07) is 11.6. The summed E-state index contributed by atoms with van der Waals surface area (Å²) in [6.45, 7) is 1.18. The first-order chi connectivity index (χ1) is 10.1. The molecule has 3 nitrogen and oxygen atoms in total. The Morgan fingerprint density at radius 2 is 2.19 bits per heavy atom. The fourth-order valence-corrected chi connectivity index (χ4v) is 3.48. The van der Waals surface area contributed by atoms with E-state index in [4.69, 9.17) is 4.74 Å². The van der Waals surface area contributed by atoms with Gasteiger partial charge in [0.25, 0.3) is 5.91 Å². The molecule has 0 aromatic heterocycles. The van der Waals surface area contributed by atoms with Crippen molar-refractivity contribution in [2.45, 2.75) is 13.0 Å². The molecule has 5 heteroatoms. The minimum absolute atomic E-state index is 0.0692. The molecule has 0 bridgehead atoms. The summed E-state index contributed by atoms with van der Waals surface area (Å²) in [5, 5.41) is 2.96. The number of carbonyl (C=O) groups is 1. The zero-order valence-corrected chi connectivity index (χ0v) is 14.9. The number of ether oxygens (including phenoxy) is 1. The van der Waals surface area contributed by atoms with Gasteiger partial charge in [-0.3, -0.25) is 4.79 Å². The van der Waals surface area contributed by atoms with Gasteiger partial charge >= 0.3 is 0 Å². The average Bonchev–Trinajstić information content (AvgIpc) is 2.92. The molecular formula is C16H13BrINO2. The Labute approximate surface area is 145 Å². The van der Waals surface area contributed by atoms with Crippen molar-refractivity contribution in [3.05, 3.63) is 61.1 Å².